The maximum absolute atomic E-state index is 12.5. The van der Waals surface area contributed by atoms with Gasteiger partial charge in [-0.3, -0.25) is 4.79 Å². The molecule has 0 saturated carbocycles. The Morgan fingerprint density at radius 1 is 1.23 bits per heavy atom. The molecule has 22 heavy (non-hydrogen) atoms. The molecule has 1 aliphatic heterocycles. The van der Waals surface area contributed by atoms with Gasteiger partial charge in [0.15, 0.2) is 0 Å². The highest BCUT2D eigenvalue weighted by molar-refractivity contribution is 7.14. The van der Waals surface area contributed by atoms with Crippen LogP contribution in [0.3, 0.4) is 0 Å². The van der Waals surface area contributed by atoms with Crippen molar-refractivity contribution in [3.63, 3.8) is 0 Å². The molecule has 1 N–H and O–H groups in total. The van der Waals surface area contributed by atoms with Crippen LogP contribution in [0, 0.1) is 0 Å². The molecule has 3 nitrogen and oxygen atoms in total. The third-order valence-electron chi connectivity index (χ3n) is 5.09. The number of carbonyl (C=O) groups is 1. The lowest BCUT2D eigenvalue weighted by Gasteiger charge is -2.31. The number of hydrogen-bond acceptors (Lipinski definition) is 3. The van der Waals surface area contributed by atoms with Crippen molar-refractivity contribution in [1.82, 2.24) is 10.2 Å². The van der Waals surface area contributed by atoms with Gasteiger partial charge in [0.1, 0.15) is 0 Å². The number of rotatable bonds is 3. The Hall–Kier alpha value is -0.870. The highest BCUT2D eigenvalue weighted by Gasteiger charge is 2.22. The van der Waals surface area contributed by atoms with Gasteiger partial charge in [0.25, 0.3) is 5.91 Å². The Morgan fingerprint density at radius 2 is 1.95 bits per heavy atom. The molecule has 2 heterocycles. The van der Waals surface area contributed by atoms with Crippen LogP contribution in [0.5, 0.6) is 0 Å². The largest absolute Gasteiger partial charge is 0.349 e. The lowest BCUT2D eigenvalue weighted by Crippen LogP contribution is -2.44. The summed E-state index contributed by atoms with van der Waals surface area (Å²) in [7, 11) is 0. The lowest BCUT2D eigenvalue weighted by molar-refractivity contribution is 0.0917. The van der Waals surface area contributed by atoms with Crippen LogP contribution in [0.15, 0.2) is 6.07 Å². The number of amides is 1. The number of fused-ring (bicyclic) bond motifs is 1. The molecule has 1 amide bonds. The molecule has 3 rings (SSSR count). The molecule has 0 aromatic carbocycles. The van der Waals surface area contributed by atoms with Gasteiger partial charge in [-0.05, 0) is 56.7 Å². The maximum atomic E-state index is 12.5. The Labute approximate surface area is 138 Å². The van der Waals surface area contributed by atoms with Crippen molar-refractivity contribution in [3.8, 4) is 0 Å². The quantitative estimate of drug-likeness (QED) is 0.922. The van der Waals surface area contributed by atoms with E-state index in [0.717, 1.165) is 43.8 Å². The molecule has 1 aromatic heterocycles. The zero-order chi connectivity index (χ0) is 15.4. The molecule has 0 radical (unpaired) electrons. The van der Waals surface area contributed by atoms with E-state index < -0.39 is 0 Å². The van der Waals surface area contributed by atoms with Crippen molar-refractivity contribution in [2.75, 3.05) is 19.6 Å². The molecule has 2 aliphatic rings. The molecule has 122 valence electrons. The number of nitrogens with zero attached hydrogens (tertiary/aromatic N) is 1. The first-order valence-corrected chi connectivity index (χ1v) is 9.72. The molecule has 1 fully saturated rings. The van der Waals surface area contributed by atoms with Crippen LogP contribution in [0.1, 0.15) is 65.6 Å². The molecule has 0 spiro atoms. The van der Waals surface area contributed by atoms with Gasteiger partial charge >= 0.3 is 0 Å². The summed E-state index contributed by atoms with van der Waals surface area (Å²) in [6, 6.07) is 2.53. The summed E-state index contributed by atoms with van der Waals surface area (Å²) < 4.78 is 0. The SMILES string of the molecule is CCN1CCC(NC(=O)c2cc3c(s2)CCCCCC3)CC1. The van der Waals surface area contributed by atoms with Gasteiger partial charge in [0.05, 0.1) is 4.88 Å². The summed E-state index contributed by atoms with van der Waals surface area (Å²) in [5, 5.41) is 3.27. The first-order chi connectivity index (χ1) is 10.8. The average molecular weight is 321 g/mol. The van der Waals surface area contributed by atoms with E-state index in [9.17, 15) is 4.79 Å². The maximum Gasteiger partial charge on any atom is 0.261 e. The van der Waals surface area contributed by atoms with Crippen molar-refractivity contribution >= 4 is 17.2 Å². The van der Waals surface area contributed by atoms with Crippen LogP contribution in [-0.2, 0) is 12.8 Å². The van der Waals surface area contributed by atoms with Crippen molar-refractivity contribution in [3.05, 3.63) is 21.4 Å². The molecule has 4 heteroatoms. The zero-order valence-electron chi connectivity index (χ0n) is 13.7. The van der Waals surface area contributed by atoms with E-state index in [1.54, 1.807) is 11.3 Å². The van der Waals surface area contributed by atoms with Gasteiger partial charge < -0.3 is 10.2 Å². The van der Waals surface area contributed by atoms with Gasteiger partial charge in [-0.1, -0.05) is 19.8 Å². The lowest BCUT2D eigenvalue weighted by atomic mass is 9.99. The Balaban J connectivity index is 1.59. The molecule has 1 saturated heterocycles. The van der Waals surface area contributed by atoms with Gasteiger partial charge in [-0.2, -0.15) is 0 Å². The molecule has 1 aromatic rings. The average Bonchev–Trinajstić information content (AvgIpc) is 2.90. The summed E-state index contributed by atoms with van der Waals surface area (Å²) in [5.41, 5.74) is 1.44. The predicted octanol–water partition coefficient (Wildman–Crippen LogP) is 3.62. The third-order valence-corrected chi connectivity index (χ3v) is 6.33. The van der Waals surface area contributed by atoms with Gasteiger partial charge in [-0.15, -0.1) is 11.3 Å². The van der Waals surface area contributed by atoms with Crippen LogP contribution in [0.2, 0.25) is 0 Å². The number of nitrogens with one attached hydrogen (secondary N) is 1. The molecule has 0 bridgehead atoms. The van der Waals surface area contributed by atoms with Crippen LogP contribution in [0.4, 0.5) is 0 Å². The van der Waals surface area contributed by atoms with Gasteiger partial charge in [0.2, 0.25) is 0 Å². The van der Waals surface area contributed by atoms with Crippen molar-refractivity contribution < 1.29 is 4.79 Å². The van der Waals surface area contributed by atoms with E-state index in [2.05, 4.69) is 23.2 Å². The molecule has 1 aliphatic carbocycles. The highest BCUT2D eigenvalue weighted by Crippen LogP contribution is 2.28. The van der Waals surface area contributed by atoms with Crippen molar-refractivity contribution in [1.29, 1.82) is 0 Å². The second kappa shape index (κ2) is 7.60. The highest BCUT2D eigenvalue weighted by atomic mass is 32.1. The van der Waals surface area contributed by atoms with E-state index in [-0.39, 0.29) is 5.91 Å². The Kier molecular flexibility index (Phi) is 5.53. The topological polar surface area (TPSA) is 32.3 Å². The monoisotopic (exact) mass is 320 g/mol. The third kappa shape index (κ3) is 3.90. The van der Waals surface area contributed by atoms with Crippen LogP contribution in [-0.4, -0.2) is 36.5 Å². The predicted molar refractivity (Wildman–Crippen MR) is 92.8 cm³/mol. The minimum absolute atomic E-state index is 0.159. The van der Waals surface area contributed by atoms with E-state index in [0.29, 0.717) is 6.04 Å². The fraction of sp³-hybridized carbons (Fsp3) is 0.722. The minimum Gasteiger partial charge on any atom is -0.349 e. The number of hydrogen-bond donors (Lipinski definition) is 1. The van der Waals surface area contributed by atoms with E-state index in [4.69, 9.17) is 0 Å². The number of aryl methyl sites for hydroxylation is 2. The van der Waals surface area contributed by atoms with Crippen molar-refractivity contribution in [2.24, 2.45) is 0 Å². The number of thiophene rings is 1. The molecular weight excluding hydrogens is 292 g/mol. The van der Waals surface area contributed by atoms with E-state index >= 15 is 0 Å². The van der Waals surface area contributed by atoms with Crippen LogP contribution < -0.4 is 5.32 Å². The summed E-state index contributed by atoms with van der Waals surface area (Å²) >= 11 is 1.74. The fourth-order valence-electron chi connectivity index (χ4n) is 3.61. The van der Waals surface area contributed by atoms with Gasteiger partial charge in [0, 0.05) is 24.0 Å². The summed E-state index contributed by atoms with van der Waals surface area (Å²) in [5.74, 6) is 0.159. The first-order valence-electron chi connectivity index (χ1n) is 8.91. The standard InChI is InChI=1S/C18H28N2OS/c1-2-20-11-9-15(10-12-20)19-18(21)17-13-14-7-5-3-4-6-8-16(14)22-17/h13,15H,2-12H2,1H3,(H,19,21). The second-order valence-corrected chi connectivity index (χ2v) is 7.79. The van der Waals surface area contributed by atoms with Crippen LogP contribution >= 0.6 is 11.3 Å². The fourth-order valence-corrected chi connectivity index (χ4v) is 4.76. The smallest absolute Gasteiger partial charge is 0.261 e. The number of piperidine rings is 1. The van der Waals surface area contributed by atoms with E-state index in [1.807, 2.05) is 0 Å². The minimum atomic E-state index is 0.159. The number of likely N-dealkylation sites (tertiary alicyclic amines) is 1. The normalized spacial score (nSPS) is 21.0. The van der Waals surface area contributed by atoms with Crippen molar-refractivity contribution in [2.45, 2.75) is 64.3 Å². The van der Waals surface area contributed by atoms with Gasteiger partial charge in [-0.25, -0.2) is 0 Å². The molecular formula is C18H28N2OS. The van der Waals surface area contributed by atoms with Crippen LogP contribution in [0.25, 0.3) is 0 Å². The first kappa shape index (κ1) is 16.0. The molecule has 0 atom stereocenters. The summed E-state index contributed by atoms with van der Waals surface area (Å²) in [4.78, 5) is 17.4. The summed E-state index contributed by atoms with van der Waals surface area (Å²) in [6.45, 7) is 5.56. The Morgan fingerprint density at radius 3 is 2.68 bits per heavy atom. The summed E-state index contributed by atoms with van der Waals surface area (Å²) in [6.07, 6.45) is 9.75. The van der Waals surface area contributed by atoms with E-state index in [1.165, 1.54) is 42.5 Å². The number of carbonyl (C=O) groups excluding carboxylic acids is 1. The Bertz CT molecular complexity index is 478. The molecule has 0 unspecified atom stereocenters. The zero-order valence-corrected chi connectivity index (χ0v) is 14.5. The second-order valence-electron chi connectivity index (χ2n) is 6.66.